The van der Waals surface area contributed by atoms with Crippen LogP contribution in [0.2, 0.25) is 0 Å². The van der Waals surface area contributed by atoms with E-state index in [1.165, 1.54) is 6.42 Å². The summed E-state index contributed by atoms with van der Waals surface area (Å²) in [5.41, 5.74) is -0.0848. The molecule has 7 heteroatoms. The van der Waals surface area contributed by atoms with Gasteiger partial charge in [-0.1, -0.05) is 82.6 Å². The molecule has 0 aromatic heterocycles. The second kappa shape index (κ2) is 16.8. The van der Waals surface area contributed by atoms with Crippen LogP contribution in [0, 0.1) is 27.6 Å². The standard InChI is InChI=1S/C14H24O4.C12H26O3.C5H12/c1-12(2,3)8-7-9-14(6)10(15)17-13(4,5)18-11(14)16;1-11(8-12(2,3)4)9-15-10-14-7-6-13-5;1-5(2,3)4/h7-9H2,1-6H3;11H,6-10H2,1-5H3;1-4H3. The number of methoxy groups -OCH3 is 1. The lowest BCUT2D eigenvalue weighted by Gasteiger charge is -2.38. The molecule has 0 spiro atoms. The molecule has 1 rings (SSSR count). The van der Waals surface area contributed by atoms with Gasteiger partial charge in [0.25, 0.3) is 5.79 Å². The minimum atomic E-state index is -1.15. The van der Waals surface area contributed by atoms with E-state index in [-0.39, 0.29) is 5.41 Å². The maximum absolute atomic E-state index is 12.0. The summed E-state index contributed by atoms with van der Waals surface area (Å²) in [5, 5.41) is 0. The van der Waals surface area contributed by atoms with Gasteiger partial charge in [0, 0.05) is 21.0 Å². The normalized spacial score (nSPS) is 17.8. The molecule has 1 aliphatic rings. The van der Waals surface area contributed by atoms with Crippen LogP contribution in [0.3, 0.4) is 0 Å². The fourth-order valence-electron chi connectivity index (χ4n) is 3.57. The lowest BCUT2D eigenvalue weighted by Crippen LogP contribution is -2.52. The van der Waals surface area contributed by atoms with E-state index in [0.29, 0.717) is 43.2 Å². The number of hydrogen-bond acceptors (Lipinski definition) is 7. The quantitative estimate of drug-likeness (QED) is 0.113. The third-order valence-corrected chi connectivity index (χ3v) is 5.14. The van der Waals surface area contributed by atoms with E-state index in [4.69, 9.17) is 23.7 Å². The Labute approximate surface area is 235 Å². The molecule has 228 valence electrons. The summed E-state index contributed by atoms with van der Waals surface area (Å²) >= 11 is 0. The van der Waals surface area contributed by atoms with Crippen molar-refractivity contribution in [3.8, 4) is 0 Å². The van der Waals surface area contributed by atoms with Crippen molar-refractivity contribution in [3.05, 3.63) is 0 Å². The highest BCUT2D eigenvalue weighted by Crippen LogP contribution is 2.37. The first-order chi connectivity index (χ1) is 16.9. The van der Waals surface area contributed by atoms with Crippen LogP contribution in [0.15, 0.2) is 0 Å². The SMILES string of the molecule is CC(C)(C)C.CC(C)(C)CCCC1(C)C(=O)OC(C)(C)OC1=O.COCCOCOCC(C)CC(C)(C)C. The van der Waals surface area contributed by atoms with Crippen molar-refractivity contribution in [1.29, 1.82) is 0 Å². The first-order valence-corrected chi connectivity index (χ1v) is 14.0. The maximum Gasteiger partial charge on any atom is 0.326 e. The van der Waals surface area contributed by atoms with Crippen LogP contribution in [0.5, 0.6) is 0 Å². The van der Waals surface area contributed by atoms with Crippen LogP contribution in [-0.4, -0.2) is 51.4 Å². The molecule has 1 fully saturated rings. The van der Waals surface area contributed by atoms with Crippen LogP contribution in [-0.2, 0) is 33.3 Å². The van der Waals surface area contributed by atoms with Crippen LogP contribution < -0.4 is 0 Å². The van der Waals surface area contributed by atoms with Crippen molar-refractivity contribution in [1.82, 2.24) is 0 Å². The zero-order chi connectivity index (χ0) is 30.4. The zero-order valence-corrected chi connectivity index (χ0v) is 27.6. The first-order valence-electron chi connectivity index (χ1n) is 14.0. The first kappa shape index (κ1) is 39.0. The average molecular weight is 547 g/mol. The number of rotatable bonds is 11. The largest absolute Gasteiger partial charge is 0.422 e. The molecule has 1 atom stereocenters. The molecule has 38 heavy (non-hydrogen) atoms. The van der Waals surface area contributed by atoms with Gasteiger partial charge in [0.05, 0.1) is 19.8 Å². The van der Waals surface area contributed by atoms with Crippen molar-refractivity contribution >= 4 is 11.9 Å². The number of hydrogen-bond donors (Lipinski definition) is 0. The van der Waals surface area contributed by atoms with Gasteiger partial charge in [-0.15, -0.1) is 0 Å². The molecule has 0 N–H and O–H groups in total. The predicted molar refractivity (Wildman–Crippen MR) is 155 cm³/mol. The highest BCUT2D eigenvalue weighted by Gasteiger charge is 2.52. The molecular formula is C31H62O7. The average Bonchev–Trinajstić information content (AvgIpc) is 2.65. The van der Waals surface area contributed by atoms with E-state index in [0.717, 1.165) is 19.4 Å². The Morgan fingerprint density at radius 3 is 1.66 bits per heavy atom. The summed E-state index contributed by atoms with van der Waals surface area (Å²) in [6.45, 7) is 31.2. The van der Waals surface area contributed by atoms with Gasteiger partial charge in [-0.2, -0.15) is 0 Å². The molecule has 0 aliphatic carbocycles. The number of carbonyl (C=O) groups is 2. The molecule has 1 saturated heterocycles. The highest BCUT2D eigenvalue weighted by atomic mass is 16.7. The Kier molecular flexibility index (Phi) is 17.2. The Morgan fingerprint density at radius 2 is 1.26 bits per heavy atom. The molecule has 1 aliphatic heterocycles. The third kappa shape index (κ3) is 22.8. The van der Waals surface area contributed by atoms with Gasteiger partial charge in [-0.05, 0) is 48.3 Å². The van der Waals surface area contributed by atoms with Crippen LogP contribution in [0.25, 0.3) is 0 Å². The summed E-state index contributed by atoms with van der Waals surface area (Å²) in [6, 6.07) is 0. The number of cyclic esters (lactones) is 2. The van der Waals surface area contributed by atoms with Crippen molar-refractivity contribution in [3.63, 3.8) is 0 Å². The van der Waals surface area contributed by atoms with E-state index in [1.54, 1.807) is 27.9 Å². The molecule has 0 saturated carbocycles. The van der Waals surface area contributed by atoms with Gasteiger partial charge in [-0.3, -0.25) is 9.59 Å². The molecule has 1 unspecified atom stereocenters. The van der Waals surface area contributed by atoms with E-state index >= 15 is 0 Å². The lowest BCUT2D eigenvalue weighted by molar-refractivity contribution is -0.250. The van der Waals surface area contributed by atoms with Crippen molar-refractivity contribution in [2.75, 3.05) is 33.7 Å². The number of ether oxygens (including phenoxy) is 5. The van der Waals surface area contributed by atoms with Crippen LogP contribution >= 0.6 is 0 Å². The van der Waals surface area contributed by atoms with E-state index in [9.17, 15) is 9.59 Å². The summed E-state index contributed by atoms with van der Waals surface area (Å²) in [5.74, 6) is -1.51. The Morgan fingerprint density at radius 1 is 0.789 bits per heavy atom. The summed E-state index contributed by atoms with van der Waals surface area (Å²) < 4.78 is 25.8. The van der Waals surface area contributed by atoms with Crippen molar-refractivity contribution < 1.29 is 33.3 Å². The van der Waals surface area contributed by atoms with Gasteiger partial charge in [0.1, 0.15) is 6.79 Å². The topological polar surface area (TPSA) is 80.3 Å². The monoisotopic (exact) mass is 546 g/mol. The summed E-state index contributed by atoms with van der Waals surface area (Å²) in [7, 11) is 1.66. The molecule has 1 heterocycles. The van der Waals surface area contributed by atoms with E-state index in [2.05, 4.69) is 76.2 Å². The summed E-state index contributed by atoms with van der Waals surface area (Å²) in [4.78, 5) is 23.9. The number of carbonyl (C=O) groups excluding carboxylic acids is 2. The molecule has 7 nitrogen and oxygen atoms in total. The van der Waals surface area contributed by atoms with E-state index in [1.807, 2.05) is 0 Å². The summed E-state index contributed by atoms with van der Waals surface area (Å²) in [6.07, 6.45) is 3.39. The molecule has 0 bridgehead atoms. The van der Waals surface area contributed by atoms with Gasteiger partial charge in [-0.25, -0.2) is 0 Å². The fourth-order valence-corrected chi connectivity index (χ4v) is 3.57. The highest BCUT2D eigenvalue weighted by molar-refractivity contribution is 6.01. The Hall–Kier alpha value is -1.18. The Bertz CT molecular complexity index is 637. The van der Waals surface area contributed by atoms with E-state index < -0.39 is 23.1 Å². The second-order valence-electron chi connectivity index (χ2n) is 15.2. The molecule has 0 amide bonds. The van der Waals surface area contributed by atoms with Crippen molar-refractivity contribution in [2.45, 2.75) is 128 Å². The predicted octanol–water partition coefficient (Wildman–Crippen LogP) is 7.79. The third-order valence-electron chi connectivity index (χ3n) is 5.14. The lowest BCUT2D eigenvalue weighted by atomic mass is 9.80. The molecular weight excluding hydrogens is 484 g/mol. The molecule has 0 aromatic carbocycles. The molecule has 0 aromatic rings. The maximum atomic E-state index is 12.0. The molecule has 0 radical (unpaired) electrons. The van der Waals surface area contributed by atoms with Gasteiger partial charge in [0.15, 0.2) is 5.41 Å². The van der Waals surface area contributed by atoms with Crippen LogP contribution in [0.4, 0.5) is 0 Å². The second-order valence-corrected chi connectivity index (χ2v) is 15.2. The van der Waals surface area contributed by atoms with Crippen molar-refractivity contribution in [2.24, 2.45) is 27.6 Å². The number of esters is 2. The smallest absolute Gasteiger partial charge is 0.326 e. The van der Waals surface area contributed by atoms with Crippen LogP contribution in [0.1, 0.15) is 123 Å². The van der Waals surface area contributed by atoms with Gasteiger partial charge < -0.3 is 23.7 Å². The fraction of sp³-hybridized carbons (Fsp3) is 0.935. The van der Waals surface area contributed by atoms with Gasteiger partial charge >= 0.3 is 11.9 Å². The minimum Gasteiger partial charge on any atom is -0.422 e. The Balaban J connectivity index is 0. The van der Waals surface area contributed by atoms with Gasteiger partial charge in [0.2, 0.25) is 0 Å². The minimum absolute atomic E-state index is 0.193. The zero-order valence-electron chi connectivity index (χ0n) is 27.6.